The lowest BCUT2D eigenvalue weighted by atomic mass is 9.77. The first-order valence-corrected chi connectivity index (χ1v) is 8.33. The standard InChI is InChI=1S/C17H26O7/c1-7-19-15(18)21-11-9(2)10-8-20-16(3,4)22-12(10)14-13(11)23-17(5,6)24-14/h10-14H,2,7-8H2,1,3-6H3/t10-,11+,12-,13-,14+/m1/s1. The van der Waals surface area contributed by atoms with Gasteiger partial charge in [-0.25, -0.2) is 4.79 Å². The van der Waals surface area contributed by atoms with Crippen LogP contribution in [0.15, 0.2) is 12.2 Å². The number of rotatable bonds is 2. The van der Waals surface area contributed by atoms with Gasteiger partial charge in [-0.05, 0) is 40.2 Å². The van der Waals surface area contributed by atoms with Gasteiger partial charge in [0, 0.05) is 5.92 Å². The lowest BCUT2D eigenvalue weighted by Crippen LogP contribution is -2.61. The molecule has 0 radical (unpaired) electrons. The highest BCUT2D eigenvalue weighted by Gasteiger charge is 2.60. The summed E-state index contributed by atoms with van der Waals surface area (Å²) in [6.45, 7) is 13.9. The Kier molecular flexibility index (Phi) is 4.40. The summed E-state index contributed by atoms with van der Waals surface area (Å²) in [6.07, 6.45) is -2.54. The third kappa shape index (κ3) is 3.18. The van der Waals surface area contributed by atoms with Crippen molar-refractivity contribution in [3.8, 4) is 0 Å². The van der Waals surface area contributed by atoms with Crippen molar-refractivity contribution in [3.63, 3.8) is 0 Å². The van der Waals surface area contributed by atoms with Crippen molar-refractivity contribution in [1.29, 1.82) is 0 Å². The molecule has 3 aliphatic rings. The molecule has 7 nitrogen and oxygen atoms in total. The summed E-state index contributed by atoms with van der Waals surface area (Å²) in [4.78, 5) is 11.8. The lowest BCUT2D eigenvalue weighted by molar-refractivity contribution is -0.313. The minimum absolute atomic E-state index is 0.142. The Labute approximate surface area is 142 Å². The number of hydrogen-bond acceptors (Lipinski definition) is 7. The molecule has 0 spiro atoms. The summed E-state index contributed by atoms with van der Waals surface area (Å²) in [5.41, 5.74) is 0.700. The van der Waals surface area contributed by atoms with Gasteiger partial charge < -0.3 is 28.4 Å². The summed E-state index contributed by atoms with van der Waals surface area (Å²) < 4.78 is 34.3. The van der Waals surface area contributed by atoms with Gasteiger partial charge in [0.25, 0.3) is 0 Å². The van der Waals surface area contributed by atoms with E-state index in [0.717, 1.165) is 0 Å². The van der Waals surface area contributed by atoms with Gasteiger partial charge in [-0.3, -0.25) is 0 Å². The van der Waals surface area contributed by atoms with E-state index in [1.165, 1.54) is 0 Å². The molecule has 5 atom stereocenters. The average molecular weight is 342 g/mol. The molecule has 2 aliphatic heterocycles. The Bertz CT molecular complexity index is 527. The Balaban J connectivity index is 1.87. The summed E-state index contributed by atoms with van der Waals surface area (Å²) >= 11 is 0. The van der Waals surface area contributed by atoms with E-state index in [4.69, 9.17) is 28.4 Å². The van der Waals surface area contributed by atoms with Crippen LogP contribution < -0.4 is 0 Å². The van der Waals surface area contributed by atoms with Gasteiger partial charge in [0.2, 0.25) is 0 Å². The topological polar surface area (TPSA) is 72.5 Å². The van der Waals surface area contributed by atoms with Crippen LogP contribution in [-0.4, -0.2) is 55.4 Å². The van der Waals surface area contributed by atoms with E-state index in [1.54, 1.807) is 6.92 Å². The van der Waals surface area contributed by atoms with Gasteiger partial charge in [-0.1, -0.05) is 6.58 Å². The van der Waals surface area contributed by atoms with Crippen LogP contribution in [0.2, 0.25) is 0 Å². The lowest BCUT2D eigenvalue weighted by Gasteiger charge is -2.49. The number of ether oxygens (including phenoxy) is 6. The summed E-state index contributed by atoms with van der Waals surface area (Å²) in [6, 6.07) is 0. The molecule has 1 saturated carbocycles. The Morgan fingerprint density at radius 3 is 2.42 bits per heavy atom. The van der Waals surface area contributed by atoms with Crippen molar-refractivity contribution in [3.05, 3.63) is 12.2 Å². The SMILES string of the molecule is C=C1[C@H]2COC(C)(C)O[C@H]2[C@@H]2OC(C)(C)O[C@@H]2[C@H]1OC(=O)OCC. The second kappa shape index (κ2) is 5.98. The Morgan fingerprint density at radius 1 is 1.12 bits per heavy atom. The first-order valence-electron chi connectivity index (χ1n) is 8.33. The quantitative estimate of drug-likeness (QED) is 0.563. The van der Waals surface area contributed by atoms with Crippen molar-refractivity contribution >= 4 is 6.16 Å². The maximum absolute atomic E-state index is 11.8. The number of carbonyl (C=O) groups is 1. The molecule has 2 saturated heterocycles. The van der Waals surface area contributed by atoms with Crippen LogP contribution >= 0.6 is 0 Å². The smallest absolute Gasteiger partial charge is 0.435 e. The minimum Gasteiger partial charge on any atom is -0.435 e. The van der Waals surface area contributed by atoms with Gasteiger partial charge in [0.1, 0.15) is 12.2 Å². The normalized spacial score (nSPS) is 39.7. The fourth-order valence-corrected chi connectivity index (χ4v) is 3.57. The molecule has 136 valence electrons. The fourth-order valence-electron chi connectivity index (χ4n) is 3.57. The molecule has 0 aromatic rings. The van der Waals surface area contributed by atoms with E-state index in [-0.39, 0.29) is 24.7 Å². The Morgan fingerprint density at radius 2 is 1.75 bits per heavy atom. The highest BCUT2D eigenvalue weighted by molar-refractivity contribution is 5.60. The van der Waals surface area contributed by atoms with Gasteiger partial charge >= 0.3 is 6.16 Å². The van der Waals surface area contributed by atoms with Crippen molar-refractivity contribution in [2.45, 2.75) is 70.6 Å². The van der Waals surface area contributed by atoms with E-state index in [0.29, 0.717) is 12.2 Å². The predicted octanol–water partition coefficient (Wildman–Crippen LogP) is 2.39. The van der Waals surface area contributed by atoms with E-state index >= 15 is 0 Å². The predicted molar refractivity (Wildman–Crippen MR) is 83.3 cm³/mol. The molecular formula is C17H26O7. The molecule has 0 unspecified atom stereocenters. The van der Waals surface area contributed by atoms with E-state index in [1.807, 2.05) is 27.7 Å². The monoisotopic (exact) mass is 342 g/mol. The average Bonchev–Trinajstić information content (AvgIpc) is 2.78. The van der Waals surface area contributed by atoms with Crippen molar-refractivity contribution in [2.75, 3.05) is 13.2 Å². The van der Waals surface area contributed by atoms with Crippen molar-refractivity contribution in [2.24, 2.45) is 5.92 Å². The fraction of sp³-hybridized carbons (Fsp3) is 0.824. The molecule has 0 aromatic heterocycles. The van der Waals surface area contributed by atoms with Gasteiger partial charge in [0.15, 0.2) is 17.7 Å². The van der Waals surface area contributed by atoms with E-state index < -0.39 is 29.9 Å². The number of carbonyl (C=O) groups excluding carboxylic acids is 1. The van der Waals surface area contributed by atoms with E-state index in [9.17, 15) is 4.79 Å². The largest absolute Gasteiger partial charge is 0.508 e. The zero-order chi connectivity index (χ0) is 17.7. The molecule has 3 fully saturated rings. The first-order chi connectivity index (χ1) is 11.1. The van der Waals surface area contributed by atoms with Crippen LogP contribution in [0.4, 0.5) is 4.79 Å². The zero-order valence-corrected chi connectivity index (χ0v) is 14.9. The molecule has 0 bridgehead atoms. The molecule has 1 aliphatic carbocycles. The number of hydrogen-bond donors (Lipinski definition) is 0. The van der Waals surface area contributed by atoms with Crippen LogP contribution in [0.1, 0.15) is 34.6 Å². The molecule has 0 amide bonds. The summed E-state index contributed by atoms with van der Waals surface area (Å²) in [5, 5.41) is 0. The second-order valence-electron chi connectivity index (χ2n) is 7.26. The van der Waals surface area contributed by atoms with Crippen LogP contribution in [0, 0.1) is 5.92 Å². The van der Waals surface area contributed by atoms with Gasteiger partial charge in [-0.15, -0.1) is 0 Å². The van der Waals surface area contributed by atoms with Crippen molar-refractivity contribution in [1.82, 2.24) is 0 Å². The van der Waals surface area contributed by atoms with Gasteiger partial charge in [0.05, 0.1) is 19.3 Å². The molecular weight excluding hydrogens is 316 g/mol. The zero-order valence-electron chi connectivity index (χ0n) is 14.9. The molecule has 0 aromatic carbocycles. The molecule has 24 heavy (non-hydrogen) atoms. The second-order valence-corrected chi connectivity index (χ2v) is 7.26. The molecule has 7 heteroatoms. The van der Waals surface area contributed by atoms with Crippen LogP contribution in [0.3, 0.4) is 0 Å². The summed E-state index contributed by atoms with van der Waals surface area (Å²) in [7, 11) is 0. The van der Waals surface area contributed by atoms with Crippen molar-refractivity contribution < 1.29 is 33.2 Å². The maximum atomic E-state index is 11.8. The first kappa shape index (κ1) is 17.7. The summed E-state index contributed by atoms with van der Waals surface area (Å²) in [5.74, 6) is -1.65. The van der Waals surface area contributed by atoms with E-state index in [2.05, 4.69) is 6.58 Å². The minimum atomic E-state index is -0.799. The third-order valence-electron chi connectivity index (χ3n) is 4.54. The van der Waals surface area contributed by atoms with Crippen LogP contribution in [0.5, 0.6) is 0 Å². The number of fused-ring (bicyclic) bond motifs is 3. The Hall–Kier alpha value is -1.15. The molecule has 0 N–H and O–H groups in total. The third-order valence-corrected chi connectivity index (χ3v) is 4.54. The van der Waals surface area contributed by atoms with Crippen LogP contribution in [0.25, 0.3) is 0 Å². The maximum Gasteiger partial charge on any atom is 0.508 e. The molecule has 2 heterocycles. The molecule has 3 rings (SSSR count). The van der Waals surface area contributed by atoms with Gasteiger partial charge in [-0.2, -0.15) is 0 Å². The van der Waals surface area contributed by atoms with Crippen LogP contribution in [-0.2, 0) is 28.4 Å². The highest BCUT2D eigenvalue weighted by Crippen LogP contribution is 2.46. The highest BCUT2D eigenvalue weighted by atomic mass is 16.8.